The number of hydrogen-bond acceptors (Lipinski definition) is 7. The van der Waals surface area contributed by atoms with Crippen molar-refractivity contribution in [2.24, 2.45) is 0 Å². The Morgan fingerprint density at radius 3 is 2.92 bits per heavy atom. The zero-order valence-electron chi connectivity index (χ0n) is 13.8. The summed E-state index contributed by atoms with van der Waals surface area (Å²) in [5.41, 5.74) is 1.69. The van der Waals surface area contributed by atoms with Crippen LogP contribution in [-0.2, 0) is 4.74 Å². The van der Waals surface area contributed by atoms with Crippen molar-refractivity contribution in [1.82, 2.24) is 9.97 Å². The van der Waals surface area contributed by atoms with Gasteiger partial charge < -0.3 is 9.64 Å². The van der Waals surface area contributed by atoms with Crippen molar-refractivity contribution in [3.05, 3.63) is 58.2 Å². The number of rotatable bonds is 4. The van der Waals surface area contributed by atoms with Gasteiger partial charge in [0.05, 0.1) is 23.3 Å². The van der Waals surface area contributed by atoms with Gasteiger partial charge in [0, 0.05) is 43.0 Å². The number of aromatic nitrogens is 2. The van der Waals surface area contributed by atoms with Crippen molar-refractivity contribution in [3.63, 3.8) is 0 Å². The van der Waals surface area contributed by atoms with Gasteiger partial charge in [0.25, 0.3) is 5.69 Å². The third-order valence-corrected chi connectivity index (χ3v) is 4.38. The topological polar surface area (TPSA) is 98.5 Å². The van der Waals surface area contributed by atoms with E-state index in [0.717, 1.165) is 25.1 Å². The minimum absolute atomic E-state index is 0.131. The summed E-state index contributed by atoms with van der Waals surface area (Å²) in [5.74, 6) is -0.361. The van der Waals surface area contributed by atoms with E-state index in [9.17, 15) is 14.9 Å². The van der Waals surface area contributed by atoms with Gasteiger partial charge >= 0.3 is 5.97 Å². The highest BCUT2D eigenvalue weighted by Crippen LogP contribution is 2.32. The van der Waals surface area contributed by atoms with E-state index in [4.69, 9.17) is 4.74 Å². The van der Waals surface area contributed by atoms with E-state index in [0.29, 0.717) is 12.2 Å². The van der Waals surface area contributed by atoms with Crippen LogP contribution in [0.3, 0.4) is 0 Å². The lowest BCUT2D eigenvalue weighted by Gasteiger charge is -2.34. The second-order valence-electron chi connectivity index (χ2n) is 5.87. The summed E-state index contributed by atoms with van der Waals surface area (Å²) < 4.78 is 4.81. The summed E-state index contributed by atoms with van der Waals surface area (Å²) in [6, 6.07) is 6.20. The zero-order chi connectivity index (χ0) is 17.8. The van der Waals surface area contributed by atoms with Gasteiger partial charge in [0.2, 0.25) is 0 Å². The van der Waals surface area contributed by atoms with Gasteiger partial charge in [-0.2, -0.15) is 0 Å². The van der Waals surface area contributed by atoms with Gasteiger partial charge in [-0.15, -0.1) is 0 Å². The van der Waals surface area contributed by atoms with E-state index < -0.39 is 10.9 Å². The van der Waals surface area contributed by atoms with E-state index in [2.05, 4.69) is 14.9 Å². The largest absolute Gasteiger partial charge is 0.465 e. The third-order valence-electron chi connectivity index (χ3n) is 4.38. The SMILES string of the molecule is COC(=O)c1cc([N+](=O)[O-])ccc1N1CCC[C@H](c2ccncn2)C1. The highest BCUT2D eigenvalue weighted by Gasteiger charge is 2.27. The fourth-order valence-electron chi connectivity index (χ4n) is 3.17. The molecule has 8 heteroatoms. The third kappa shape index (κ3) is 3.57. The van der Waals surface area contributed by atoms with E-state index >= 15 is 0 Å². The molecule has 2 heterocycles. The number of piperidine rings is 1. The molecule has 1 atom stereocenters. The molecule has 130 valence electrons. The first-order chi connectivity index (χ1) is 12.1. The Morgan fingerprint density at radius 1 is 1.40 bits per heavy atom. The Kier molecular flexibility index (Phi) is 4.87. The van der Waals surface area contributed by atoms with Crippen LogP contribution in [0, 0.1) is 10.1 Å². The molecule has 1 fully saturated rings. The Balaban J connectivity index is 1.92. The molecule has 0 aliphatic carbocycles. The van der Waals surface area contributed by atoms with Crippen molar-refractivity contribution in [3.8, 4) is 0 Å². The predicted molar refractivity (Wildman–Crippen MR) is 90.7 cm³/mol. The van der Waals surface area contributed by atoms with Crippen molar-refractivity contribution in [1.29, 1.82) is 0 Å². The monoisotopic (exact) mass is 342 g/mol. The summed E-state index contributed by atoms with van der Waals surface area (Å²) in [6.07, 6.45) is 5.17. The molecule has 8 nitrogen and oxygen atoms in total. The number of nitro groups is 1. The van der Waals surface area contributed by atoms with Crippen molar-refractivity contribution in [2.45, 2.75) is 18.8 Å². The number of anilines is 1. The molecule has 0 bridgehead atoms. The molecule has 1 saturated heterocycles. The number of carbonyl (C=O) groups is 1. The molecule has 0 N–H and O–H groups in total. The number of carbonyl (C=O) groups excluding carboxylic acids is 1. The molecule has 1 aliphatic rings. The first kappa shape index (κ1) is 16.8. The molecular formula is C17H18N4O4. The first-order valence-corrected chi connectivity index (χ1v) is 7.97. The average Bonchev–Trinajstić information content (AvgIpc) is 2.67. The molecule has 2 aromatic rings. The number of methoxy groups -OCH3 is 1. The quantitative estimate of drug-likeness (QED) is 0.478. The number of esters is 1. The molecule has 1 aromatic carbocycles. The number of nitro benzene ring substituents is 1. The van der Waals surface area contributed by atoms with Gasteiger partial charge in [-0.25, -0.2) is 14.8 Å². The summed E-state index contributed by atoms with van der Waals surface area (Å²) >= 11 is 0. The maximum absolute atomic E-state index is 12.1. The summed E-state index contributed by atoms with van der Waals surface area (Å²) in [5, 5.41) is 11.0. The second kappa shape index (κ2) is 7.25. The van der Waals surface area contributed by atoms with Gasteiger partial charge in [-0.05, 0) is 25.0 Å². The van der Waals surface area contributed by atoms with E-state index in [1.54, 1.807) is 12.3 Å². The Bertz CT molecular complexity index is 781. The molecular weight excluding hydrogens is 324 g/mol. The first-order valence-electron chi connectivity index (χ1n) is 7.97. The zero-order valence-corrected chi connectivity index (χ0v) is 13.8. The number of hydrogen-bond donors (Lipinski definition) is 0. The van der Waals surface area contributed by atoms with Gasteiger partial charge in [0.15, 0.2) is 0 Å². The van der Waals surface area contributed by atoms with E-state index in [1.165, 1.54) is 25.6 Å². The normalized spacial score (nSPS) is 17.2. The van der Waals surface area contributed by atoms with Crippen LogP contribution in [0.2, 0.25) is 0 Å². The second-order valence-corrected chi connectivity index (χ2v) is 5.87. The van der Waals surface area contributed by atoms with Crippen LogP contribution < -0.4 is 4.90 Å². The maximum Gasteiger partial charge on any atom is 0.340 e. The smallest absolute Gasteiger partial charge is 0.340 e. The number of non-ortho nitro benzene ring substituents is 1. The van der Waals surface area contributed by atoms with Crippen molar-refractivity contribution in [2.75, 3.05) is 25.1 Å². The van der Waals surface area contributed by atoms with Crippen LogP contribution in [0.25, 0.3) is 0 Å². The highest BCUT2D eigenvalue weighted by atomic mass is 16.6. The summed E-state index contributed by atoms with van der Waals surface area (Å²) in [4.78, 5) is 32.9. The Labute approximate surface area is 144 Å². The van der Waals surface area contributed by atoms with Crippen molar-refractivity contribution < 1.29 is 14.5 Å². The van der Waals surface area contributed by atoms with E-state index in [-0.39, 0.29) is 17.2 Å². The molecule has 1 aliphatic heterocycles. The fourth-order valence-corrected chi connectivity index (χ4v) is 3.17. The average molecular weight is 342 g/mol. The highest BCUT2D eigenvalue weighted by molar-refractivity contribution is 5.96. The molecule has 0 saturated carbocycles. The summed E-state index contributed by atoms with van der Waals surface area (Å²) in [7, 11) is 1.27. The fraction of sp³-hybridized carbons (Fsp3) is 0.353. The number of benzene rings is 1. The molecule has 0 spiro atoms. The predicted octanol–water partition coefficient (Wildman–Crippen LogP) is 2.56. The lowest BCUT2D eigenvalue weighted by molar-refractivity contribution is -0.384. The van der Waals surface area contributed by atoms with Gasteiger partial charge in [-0.3, -0.25) is 10.1 Å². The van der Waals surface area contributed by atoms with Crippen LogP contribution >= 0.6 is 0 Å². The number of ether oxygens (including phenoxy) is 1. The van der Waals surface area contributed by atoms with Crippen LogP contribution in [0.5, 0.6) is 0 Å². The Hall–Kier alpha value is -3.03. The van der Waals surface area contributed by atoms with Gasteiger partial charge in [-0.1, -0.05) is 0 Å². The van der Waals surface area contributed by atoms with Crippen LogP contribution in [0.4, 0.5) is 11.4 Å². The minimum Gasteiger partial charge on any atom is -0.465 e. The molecule has 0 unspecified atom stereocenters. The van der Waals surface area contributed by atoms with Crippen molar-refractivity contribution >= 4 is 17.3 Å². The van der Waals surface area contributed by atoms with Crippen LogP contribution in [-0.4, -0.2) is 41.1 Å². The molecule has 25 heavy (non-hydrogen) atoms. The standard InChI is InChI=1S/C17H18N4O4/c1-25-17(22)14-9-13(21(23)24)4-5-16(14)20-8-2-3-12(10-20)15-6-7-18-11-19-15/h4-7,9,11-12H,2-3,8,10H2,1H3/t12-/m0/s1. The van der Waals surface area contributed by atoms with E-state index in [1.807, 2.05) is 6.07 Å². The molecule has 3 rings (SSSR count). The lowest BCUT2D eigenvalue weighted by atomic mass is 9.93. The lowest BCUT2D eigenvalue weighted by Crippen LogP contribution is -2.35. The molecule has 0 amide bonds. The minimum atomic E-state index is -0.581. The molecule has 0 radical (unpaired) electrons. The maximum atomic E-state index is 12.1. The molecule has 1 aromatic heterocycles. The van der Waals surface area contributed by atoms with Crippen LogP contribution in [0.1, 0.15) is 34.8 Å². The van der Waals surface area contributed by atoms with Gasteiger partial charge in [0.1, 0.15) is 6.33 Å². The number of nitrogens with zero attached hydrogens (tertiary/aromatic N) is 4. The Morgan fingerprint density at radius 2 is 2.24 bits per heavy atom. The van der Waals surface area contributed by atoms with Crippen LogP contribution in [0.15, 0.2) is 36.8 Å². The summed E-state index contributed by atoms with van der Waals surface area (Å²) in [6.45, 7) is 1.45.